The molecule has 0 spiro atoms. The minimum atomic E-state index is 0.551. The third-order valence-electron chi connectivity index (χ3n) is 3.58. The zero-order valence-electron chi connectivity index (χ0n) is 12.5. The Bertz CT molecular complexity index is 558. The molecule has 0 aliphatic heterocycles. The van der Waals surface area contributed by atoms with Gasteiger partial charge in [-0.3, -0.25) is 0 Å². The fourth-order valence-corrected chi connectivity index (χ4v) is 2.16. The number of benzene rings is 2. The summed E-state index contributed by atoms with van der Waals surface area (Å²) in [4.78, 5) is 0. The Balaban J connectivity index is 2.01. The topological polar surface area (TPSA) is 35.2 Å². The van der Waals surface area contributed by atoms with Crippen molar-refractivity contribution >= 4 is 0 Å². The van der Waals surface area contributed by atoms with Crippen LogP contribution in [0.3, 0.4) is 0 Å². The van der Waals surface area contributed by atoms with Gasteiger partial charge < -0.3 is 10.5 Å². The zero-order chi connectivity index (χ0) is 14.5. The second kappa shape index (κ2) is 6.58. The Labute approximate surface area is 121 Å². The molecule has 0 aliphatic carbocycles. The van der Waals surface area contributed by atoms with Crippen molar-refractivity contribution in [2.24, 2.45) is 5.73 Å². The summed E-state index contributed by atoms with van der Waals surface area (Å²) in [6.07, 6.45) is 0. The van der Waals surface area contributed by atoms with Crippen LogP contribution >= 0.6 is 0 Å². The summed E-state index contributed by atoms with van der Waals surface area (Å²) in [6, 6.07) is 14.6. The first-order valence-electron chi connectivity index (χ1n) is 7.11. The molecule has 0 atom stereocenters. The molecule has 0 unspecified atom stereocenters. The van der Waals surface area contributed by atoms with Crippen molar-refractivity contribution in [2.75, 3.05) is 0 Å². The van der Waals surface area contributed by atoms with E-state index in [0.29, 0.717) is 19.1 Å². The van der Waals surface area contributed by atoms with E-state index in [1.54, 1.807) is 0 Å². The molecule has 2 aromatic rings. The van der Waals surface area contributed by atoms with E-state index in [-0.39, 0.29) is 0 Å². The molecule has 2 N–H and O–H groups in total. The number of ether oxygens (including phenoxy) is 1. The molecule has 0 bridgehead atoms. The third-order valence-corrected chi connectivity index (χ3v) is 3.58. The number of rotatable bonds is 5. The van der Waals surface area contributed by atoms with E-state index < -0.39 is 0 Å². The van der Waals surface area contributed by atoms with Crippen LogP contribution in [-0.4, -0.2) is 0 Å². The van der Waals surface area contributed by atoms with Crippen LogP contribution in [0, 0.1) is 6.92 Å². The average Bonchev–Trinajstić information content (AvgIpc) is 2.46. The predicted molar refractivity (Wildman–Crippen MR) is 83.9 cm³/mol. The van der Waals surface area contributed by atoms with Crippen molar-refractivity contribution in [1.82, 2.24) is 0 Å². The summed E-state index contributed by atoms with van der Waals surface area (Å²) in [5.41, 5.74) is 10.6. The molecule has 0 fully saturated rings. The first-order valence-corrected chi connectivity index (χ1v) is 7.11. The van der Waals surface area contributed by atoms with Gasteiger partial charge in [0.05, 0.1) is 0 Å². The zero-order valence-corrected chi connectivity index (χ0v) is 12.5. The fraction of sp³-hybridized carbons (Fsp3) is 0.333. The highest BCUT2D eigenvalue weighted by Crippen LogP contribution is 2.20. The van der Waals surface area contributed by atoms with Crippen molar-refractivity contribution in [3.05, 3.63) is 64.7 Å². The van der Waals surface area contributed by atoms with Crippen molar-refractivity contribution in [3.63, 3.8) is 0 Å². The Morgan fingerprint density at radius 3 is 2.30 bits per heavy atom. The SMILES string of the molecule is Cc1cc(CN)ccc1COc1ccc(C(C)C)cc1. The maximum atomic E-state index is 5.85. The van der Waals surface area contributed by atoms with E-state index in [0.717, 1.165) is 11.3 Å². The summed E-state index contributed by atoms with van der Waals surface area (Å²) in [7, 11) is 0. The second-order valence-corrected chi connectivity index (χ2v) is 5.48. The van der Waals surface area contributed by atoms with Gasteiger partial charge in [-0.2, -0.15) is 0 Å². The highest BCUT2D eigenvalue weighted by molar-refractivity contribution is 5.32. The summed E-state index contributed by atoms with van der Waals surface area (Å²) in [5.74, 6) is 1.46. The molecule has 0 aromatic heterocycles. The van der Waals surface area contributed by atoms with Gasteiger partial charge in [-0.25, -0.2) is 0 Å². The molecular formula is C18H23NO. The molecule has 2 heteroatoms. The van der Waals surface area contributed by atoms with Crippen molar-refractivity contribution in [2.45, 2.75) is 39.8 Å². The van der Waals surface area contributed by atoms with Crippen molar-refractivity contribution < 1.29 is 4.74 Å². The van der Waals surface area contributed by atoms with E-state index in [4.69, 9.17) is 10.5 Å². The van der Waals surface area contributed by atoms with E-state index in [2.05, 4.69) is 51.1 Å². The highest BCUT2D eigenvalue weighted by Gasteiger charge is 2.02. The first-order chi connectivity index (χ1) is 9.60. The van der Waals surface area contributed by atoms with Crippen LogP contribution in [0.2, 0.25) is 0 Å². The lowest BCUT2D eigenvalue weighted by Crippen LogP contribution is -2.01. The largest absolute Gasteiger partial charge is 0.489 e. The quantitative estimate of drug-likeness (QED) is 0.884. The first kappa shape index (κ1) is 14.6. The molecule has 20 heavy (non-hydrogen) atoms. The maximum Gasteiger partial charge on any atom is 0.119 e. The molecular weight excluding hydrogens is 246 g/mol. The number of nitrogens with two attached hydrogens (primary N) is 1. The van der Waals surface area contributed by atoms with Gasteiger partial charge in [-0.1, -0.05) is 44.2 Å². The molecule has 0 aliphatic rings. The summed E-state index contributed by atoms with van der Waals surface area (Å²) in [5, 5.41) is 0. The van der Waals surface area contributed by atoms with Crippen LogP contribution in [0.1, 0.15) is 42.0 Å². The Morgan fingerprint density at radius 2 is 1.75 bits per heavy atom. The third kappa shape index (κ3) is 3.61. The van der Waals surface area contributed by atoms with Crippen LogP contribution < -0.4 is 10.5 Å². The summed E-state index contributed by atoms with van der Waals surface area (Å²) in [6.45, 7) is 7.66. The van der Waals surface area contributed by atoms with Crippen LogP contribution in [0.5, 0.6) is 5.75 Å². The molecule has 2 aromatic carbocycles. The summed E-state index contributed by atoms with van der Waals surface area (Å²) >= 11 is 0. The molecule has 0 amide bonds. The van der Waals surface area contributed by atoms with Gasteiger partial charge in [0.25, 0.3) is 0 Å². The maximum absolute atomic E-state index is 5.85. The van der Waals surface area contributed by atoms with Gasteiger partial charge in [-0.15, -0.1) is 0 Å². The minimum absolute atomic E-state index is 0.551. The Kier molecular flexibility index (Phi) is 4.80. The van der Waals surface area contributed by atoms with Gasteiger partial charge in [0, 0.05) is 6.54 Å². The van der Waals surface area contributed by atoms with Crippen LogP contribution in [0.4, 0.5) is 0 Å². The molecule has 2 nitrogen and oxygen atoms in total. The molecule has 2 rings (SSSR count). The van der Waals surface area contributed by atoms with Gasteiger partial charge in [-0.05, 0) is 47.2 Å². The molecule has 0 saturated heterocycles. The smallest absolute Gasteiger partial charge is 0.119 e. The van der Waals surface area contributed by atoms with Gasteiger partial charge in [0.1, 0.15) is 12.4 Å². The number of aryl methyl sites for hydroxylation is 1. The minimum Gasteiger partial charge on any atom is -0.489 e. The van der Waals surface area contributed by atoms with Crippen LogP contribution in [-0.2, 0) is 13.2 Å². The van der Waals surface area contributed by atoms with Gasteiger partial charge >= 0.3 is 0 Å². The summed E-state index contributed by atoms with van der Waals surface area (Å²) < 4.78 is 5.85. The molecule has 0 heterocycles. The lowest BCUT2D eigenvalue weighted by molar-refractivity contribution is 0.305. The van der Waals surface area contributed by atoms with E-state index in [1.165, 1.54) is 16.7 Å². The standard InChI is InChI=1S/C18H23NO/c1-13(2)16-6-8-18(9-7-16)20-12-17-5-4-15(11-19)10-14(17)3/h4-10,13H,11-12,19H2,1-3H3. The van der Waals surface area contributed by atoms with Gasteiger partial charge in [0.2, 0.25) is 0 Å². The highest BCUT2D eigenvalue weighted by atomic mass is 16.5. The number of hydrogen-bond donors (Lipinski definition) is 1. The van der Waals surface area contributed by atoms with Crippen molar-refractivity contribution in [3.8, 4) is 5.75 Å². The Hall–Kier alpha value is -1.80. The lowest BCUT2D eigenvalue weighted by atomic mass is 10.0. The fourth-order valence-electron chi connectivity index (χ4n) is 2.16. The van der Waals surface area contributed by atoms with Gasteiger partial charge in [0.15, 0.2) is 0 Å². The van der Waals surface area contributed by atoms with Crippen molar-refractivity contribution in [1.29, 1.82) is 0 Å². The molecule has 106 valence electrons. The Morgan fingerprint density at radius 1 is 1.05 bits per heavy atom. The van der Waals surface area contributed by atoms with E-state index in [1.807, 2.05) is 12.1 Å². The predicted octanol–water partition coefficient (Wildman–Crippen LogP) is 4.16. The monoisotopic (exact) mass is 269 g/mol. The van der Waals surface area contributed by atoms with E-state index in [9.17, 15) is 0 Å². The van der Waals surface area contributed by atoms with Crippen LogP contribution in [0.15, 0.2) is 42.5 Å². The number of hydrogen-bond acceptors (Lipinski definition) is 2. The normalized spacial score (nSPS) is 10.8. The second-order valence-electron chi connectivity index (χ2n) is 5.48. The average molecular weight is 269 g/mol. The molecule has 0 radical (unpaired) electrons. The molecule has 0 saturated carbocycles. The van der Waals surface area contributed by atoms with E-state index >= 15 is 0 Å². The lowest BCUT2D eigenvalue weighted by Gasteiger charge is -2.11. The van der Waals surface area contributed by atoms with Crippen LogP contribution in [0.25, 0.3) is 0 Å².